The van der Waals surface area contributed by atoms with Crippen molar-refractivity contribution >= 4 is 22.5 Å². The number of piperazine rings is 1. The Kier molecular flexibility index (Phi) is 11.5. The average Bonchev–Trinajstić information content (AvgIpc) is 4.05. The van der Waals surface area contributed by atoms with Crippen LogP contribution in [0.4, 0.5) is 10.2 Å². The molecule has 58 heavy (non-hydrogen) atoms. The smallest absolute Gasteiger partial charge is 0.141 e. The Balaban J connectivity index is 0.000000150. The maximum absolute atomic E-state index is 13.3. The van der Waals surface area contributed by atoms with Crippen LogP contribution in [0, 0.1) is 12.7 Å². The first-order valence-electron chi connectivity index (χ1n) is 21.4. The summed E-state index contributed by atoms with van der Waals surface area (Å²) in [5.41, 5.74) is 7.99. The molecular formula is C46H58FN11. The molecule has 5 aromatic heterocycles. The highest BCUT2D eigenvalue weighted by Gasteiger charge is 2.34. The summed E-state index contributed by atoms with van der Waals surface area (Å²) in [7, 11) is 4.41. The number of nitrogens with zero attached hydrogens (tertiary/aromatic N) is 11. The van der Waals surface area contributed by atoms with Gasteiger partial charge in [0.05, 0.1) is 46.4 Å². The molecule has 304 valence electrons. The first kappa shape index (κ1) is 38.8. The first-order valence-corrected chi connectivity index (χ1v) is 21.4. The lowest BCUT2D eigenvalue weighted by Gasteiger charge is -2.34. The van der Waals surface area contributed by atoms with Crippen LogP contribution < -0.4 is 4.90 Å². The lowest BCUT2D eigenvalue weighted by atomic mass is 10.0. The van der Waals surface area contributed by atoms with Crippen LogP contribution >= 0.6 is 0 Å². The molecular weight excluding hydrogens is 726 g/mol. The lowest BCUT2D eigenvalue weighted by Crippen LogP contribution is -2.45. The zero-order chi connectivity index (χ0) is 39.6. The fourth-order valence-corrected chi connectivity index (χ4v) is 9.74. The summed E-state index contributed by atoms with van der Waals surface area (Å²) < 4.78 is 18.1. The van der Waals surface area contributed by atoms with E-state index in [9.17, 15) is 4.39 Å². The summed E-state index contributed by atoms with van der Waals surface area (Å²) in [5, 5.41) is 0. The minimum Gasteiger partial charge on any atom is -0.354 e. The van der Waals surface area contributed by atoms with Crippen molar-refractivity contribution in [3.8, 4) is 0 Å². The molecule has 0 bridgehead atoms. The molecule has 4 saturated heterocycles. The van der Waals surface area contributed by atoms with Gasteiger partial charge in [0.25, 0.3) is 0 Å². The zero-order valence-electron chi connectivity index (χ0n) is 34.4. The Morgan fingerprint density at radius 3 is 2.17 bits per heavy atom. The van der Waals surface area contributed by atoms with E-state index in [4.69, 9.17) is 9.97 Å². The van der Waals surface area contributed by atoms with Gasteiger partial charge in [0.15, 0.2) is 0 Å². The van der Waals surface area contributed by atoms with Gasteiger partial charge in [0.1, 0.15) is 23.1 Å². The van der Waals surface area contributed by atoms with Gasteiger partial charge in [-0.3, -0.25) is 24.2 Å². The molecule has 4 fully saturated rings. The van der Waals surface area contributed by atoms with E-state index in [0.29, 0.717) is 12.1 Å². The second-order valence-corrected chi connectivity index (χ2v) is 16.9. The molecule has 0 aliphatic carbocycles. The molecule has 0 amide bonds. The summed E-state index contributed by atoms with van der Waals surface area (Å²) in [6.07, 6.45) is 12.4. The maximum atomic E-state index is 13.3. The molecule has 2 atom stereocenters. The fraction of sp³-hybridized carbons (Fsp3) is 0.478. The van der Waals surface area contributed by atoms with Gasteiger partial charge in [-0.1, -0.05) is 24.3 Å². The number of fused-ring (bicyclic) bond motifs is 2. The van der Waals surface area contributed by atoms with Gasteiger partial charge in [-0.15, -0.1) is 0 Å². The summed E-state index contributed by atoms with van der Waals surface area (Å²) in [4.78, 5) is 31.5. The van der Waals surface area contributed by atoms with Crippen LogP contribution in [0.1, 0.15) is 85.1 Å². The van der Waals surface area contributed by atoms with E-state index >= 15 is 0 Å². The van der Waals surface area contributed by atoms with Crippen molar-refractivity contribution in [1.82, 2.24) is 48.5 Å². The van der Waals surface area contributed by atoms with E-state index in [1.165, 1.54) is 66.4 Å². The van der Waals surface area contributed by atoms with Crippen molar-refractivity contribution in [1.29, 1.82) is 0 Å². The highest BCUT2D eigenvalue weighted by molar-refractivity contribution is 5.76. The molecule has 0 spiro atoms. The van der Waals surface area contributed by atoms with Crippen LogP contribution in [0.5, 0.6) is 0 Å². The maximum Gasteiger partial charge on any atom is 0.141 e. The number of imidazole rings is 2. The molecule has 0 radical (unpaired) electrons. The van der Waals surface area contributed by atoms with Crippen molar-refractivity contribution in [2.75, 3.05) is 71.4 Å². The molecule has 10 rings (SSSR count). The Labute approximate surface area is 342 Å². The standard InChI is InChI=1S/C24H31N5.C22H27FN6/c1-18-7-5-13-25-21(18)17-28-14-6-10-23(28)24-26-20-8-3-4-9-22(20)29(24)19-11-15-27(2)16-12-19;1-26-11-13-27(14-12-26)22-19(25-21-6-2-3-10-29(21)22)16-28-9-4-5-20(28)18-8-7-17(23)15-24-18/h3-5,7-9,13,19,23H,6,10-12,14-17H2,1-2H3;2-3,6-8,10,15,20H,4-5,9,11-14,16H2,1H3. The highest BCUT2D eigenvalue weighted by atomic mass is 19.1. The normalized spacial score (nSPS) is 21.6. The predicted octanol–water partition coefficient (Wildman–Crippen LogP) is 7.30. The fourth-order valence-electron chi connectivity index (χ4n) is 9.74. The van der Waals surface area contributed by atoms with Crippen molar-refractivity contribution in [2.45, 2.75) is 76.7 Å². The van der Waals surface area contributed by atoms with Crippen LogP contribution in [-0.4, -0.2) is 115 Å². The zero-order valence-corrected chi connectivity index (χ0v) is 34.4. The third-order valence-electron chi connectivity index (χ3n) is 13.0. The number of hydrogen-bond donors (Lipinski definition) is 0. The van der Waals surface area contributed by atoms with Crippen LogP contribution in [0.3, 0.4) is 0 Å². The number of benzene rings is 1. The van der Waals surface area contributed by atoms with Crippen LogP contribution in [-0.2, 0) is 13.1 Å². The topological polar surface area (TPSA) is 77.1 Å². The second kappa shape index (κ2) is 17.2. The Bertz CT molecular complexity index is 2290. The Morgan fingerprint density at radius 1 is 0.672 bits per heavy atom. The van der Waals surface area contributed by atoms with E-state index < -0.39 is 0 Å². The molecule has 0 saturated carbocycles. The van der Waals surface area contributed by atoms with Crippen LogP contribution in [0.25, 0.3) is 16.7 Å². The van der Waals surface area contributed by atoms with E-state index in [1.807, 2.05) is 24.4 Å². The second-order valence-electron chi connectivity index (χ2n) is 16.9. The summed E-state index contributed by atoms with van der Waals surface area (Å²) >= 11 is 0. The van der Waals surface area contributed by atoms with Gasteiger partial charge in [0, 0.05) is 57.7 Å². The first-order chi connectivity index (χ1) is 28.4. The van der Waals surface area contributed by atoms with E-state index in [-0.39, 0.29) is 11.9 Å². The number of likely N-dealkylation sites (N-methyl/N-ethyl adjacent to an activating group) is 1. The number of aromatic nitrogens is 6. The monoisotopic (exact) mass is 783 g/mol. The van der Waals surface area contributed by atoms with Gasteiger partial charge in [0.2, 0.25) is 0 Å². The van der Waals surface area contributed by atoms with Gasteiger partial charge in [-0.05, 0) is 134 Å². The Hall–Kier alpha value is -4.75. The summed E-state index contributed by atoms with van der Waals surface area (Å²) in [5.74, 6) is 2.20. The van der Waals surface area contributed by atoms with E-state index in [1.54, 1.807) is 0 Å². The molecule has 9 heterocycles. The van der Waals surface area contributed by atoms with E-state index in [0.717, 1.165) is 101 Å². The van der Waals surface area contributed by atoms with Gasteiger partial charge < -0.3 is 19.3 Å². The number of likely N-dealkylation sites (tertiary alicyclic amines) is 3. The lowest BCUT2D eigenvalue weighted by molar-refractivity contribution is 0.201. The quantitative estimate of drug-likeness (QED) is 0.158. The van der Waals surface area contributed by atoms with Crippen molar-refractivity contribution in [3.63, 3.8) is 0 Å². The molecule has 2 unspecified atom stereocenters. The van der Waals surface area contributed by atoms with Crippen molar-refractivity contribution in [2.24, 2.45) is 0 Å². The van der Waals surface area contributed by atoms with Gasteiger partial charge >= 0.3 is 0 Å². The molecule has 0 N–H and O–H groups in total. The van der Waals surface area contributed by atoms with Crippen molar-refractivity contribution in [3.05, 3.63) is 120 Å². The molecule has 12 heteroatoms. The number of piperidine rings is 1. The van der Waals surface area contributed by atoms with E-state index in [2.05, 4.69) is 113 Å². The number of halogens is 1. The number of rotatable bonds is 8. The predicted molar refractivity (Wildman–Crippen MR) is 228 cm³/mol. The highest BCUT2D eigenvalue weighted by Crippen LogP contribution is 2.39. The molecule has 4 aliphatic rings. The van der Waals surface area contributed by atoms with Crippen LogP contribution in [0.15, 0.2) is 85.3 Å². The summed E-state index contributed by atoms with van der Waals surface area (Å²) in [6.45, 7) is 12.5. The average molecular weight is 784 g/mol. The molecule has 4 aliphatic heterocycles. The molecule has 6 aromatic rings. The largest absolute Gasteiger partial charge is 0.354 e. The van der Waals surface area contributed by atoms with Gasteiger partial charge in [-0.2, -0.15) is 0 Å². The van der Waals surface area contributed by atoms with Gasteiger partial charge in [-0.25, -0.2) is 14.4 Å². The minimum absolute atomic E-state index is 0.223. The van der Waals surface area contributed by atoms with Crippen molar-refractivity contribution < 1.29 is 4.39 Å². The third-order valence-corrected chi connectivity index (χ3v) is 13.0. The number of hydrogen-bond acceptors (Lipinski definition) is 9. The SMILES string of the molecule is CN1CCN(c2c(CN3CCCC3c3ccc(F)cn3)nc3ccccn23)CC1.Cc1cccnc1CN1CCCC1c1nc2ccccc2n1C1CCN(C)CC1. The number of pyridine rings is 3. The number of anilines is 1. The van der Waals surface area contributed by atoms with Crippen LogP contribution in [0.2, 0.25) is 0 Å². The molecule has 1 aromatic carbocycles. The minimum atomic E-state index is -0.281. The number of para-hydroxylation sites is 2. The number of aryl methyl sites for hydroxylation is 1. The molecule has 11 nitrogen and oxygen atoms in total. The summed E-state index contributed by atoms with van der Waals surface area (Å²) in [6, 6.07) is 23.6. The third kappa shape index (κ3) is 8.12. The Morgan fingerprint density at radius 2 is 1.40 bits per heavy atom.